The van der Waals surface area contributed by atoms with E-state index < -0.39 is 28.4 Å². The summed E-state index contributed by atoms with van der Waals surface area (Å²) in [5.41, 5.74) is 6.37. The zero-order valence-electron chi connectivity index (χ0n) is 8.65. The number of nitrogens with zero attached hydrogens (tertiary/aromatic N) is 1. The molecule has 1 fully saturated rings. The number of hydrogen-bond donors (Lipinski definition) is 1. The van der Waals surface area contributed by atoms with E-state index >= 15 is 0 Å². The average Bonchev–Trinajstić information content (AvgIpc) is 2.32. The number of non-ortho nitro benzene ring substituents is 1. The molecule has 0 bridgehead atoms. The highest BCUT2D eigenvalue weighted by atomic mass is 32.2. The van der Waals surface area contributed by atoms with Crippen LogP contribution in [0.15, 0.2) is 24.3 Å². The van der Waals surface area contributed by atoms with E-state index in [9.17, 15) is 14.3 Å². The standard InChI is InChI=1S/C9H10N2O5S/c10-8-5-15-17(14)16-9(8)6-1-3-7(4-2-6)11(12)13/h1-4,8-9H,5,10H2/t8-,9-,17-/m1/s1. The molecule has 1 aliphatic heterocycles. The summed E-state index contributed by atoms with van der Waals surface area (Å²) in [7, 11) is 0. The maximum atomic E-state index is 11.1. The molecule has 1 saturated heterocycles. The molecule has 0 aliphatic carbocycles. The molecule has 92 valence electrons. The van der Waals surface area contributed by atoms with Gasteiger partial charge in [-0.15, -0.1) is 0 Å². The van der Waals surface area contributed by atoms with Crippen LogP contribution in [0.2, 0.25) is 0 Å². The molecule has 0 saturated carbocycles. The van der Waals surface area contributed by atoms with E-state index in [0.717, 1.165) is 0 Å². The molecule has 7 nitrogen and oxygen atoms in total. The van der Waals surface area contributed by atoms with Gasteiger partial charge in [0.15, 0.2) is 0 Å². The average molecular weight is 258 g/mol. The molecule has 1 aromatic rings. The Bertz CT molecular complexity index is 449. The third kappa shape index (κ3) is 2.67. The molecule has 1 heterocycles. The largest absolute Gasteiger partial charge is 0.323 e. The van der Waals surface area contributed by atoms with Crippen LogP contribution in [0, 0.1) is 10.1 Å². The lowest BCUT2D eigenvalue weighted by Gasteiger charge is -2.27. The number of rotatable bonds is 2. The number of hydrogen-bond acceptors (Lipinski definition) is 6. The van der Waals surface area contributed by atoms with Gasteiger partial charge in [0, 0.05) is 12.1 Å². The van der Waals surface area contributed by atoms with Crippen molar-refractivity contribution in [3.63, 3.8) is 0 Å². The van der Waals surface area contributed by atoms with E-state index in [4.69, 9.17) is 14.1 Å². The minimum atomic E-state index is -1.82. The van der Waals surface area contributed by atoms with Crippen molar-refractivity contribution in [2.24, 2.45) is 5.73 Å². The lowest BCUT2D eigenvalue weighted by atomic mass is 10.0. The molecule has 1 aliphatic rings. The summed E-state index contributed by atoms with van der Waals surface area (Å²) in [6, 6.07) is 5.32. The van der Waals surface area contributed by atoms with Crippen molar-refractivity contribution in [2.45, 2.75) is 12.1 Å². The highest BCUT2D eigenvalue weighted by molar-refractivity contribution is 7.75. The molecule has 0 aromatic heterocycles. The van der Waals surface area contributed by atoms with E-state index in [1.807, 2.05) is 0 Å². The fraction of sp³-hybridized carbons (Fsp3) is 0.333. The van der Waals surface area contributed by atoms with Gasteiger partial charge in [-0.2, -0.15) is 4.21 Å². The Labute approximate surface area is 99.5 Å². The molecule has 0 amide bonds. The van der Waals surface area contributed by atoms with Crippen molar-refractivity contribution >= 4 is 17.0 Å². The van der Waals surface area contributed by atoms with Crippen molar-refractivity contribution in [1.82, 2.24) is 0 Å². The zero-order chi connectivity index (χ0) is 12.4. The number of benzene rings is 1. The summed E-state index contributed by atoms with van der Waals surface area (Å²) in [6.07, 6.45) is -0.578. The molecule has 0 radical (unpaired) electrons. The van der Waals surface area contributed by atoms with Gasteiger partial charge in [-0.25, -0.2) is 0 Å². The molecule has 0 spiro atoms. The third-order valence-corrected chi connectivity index (χ3v) is 3.05. The molecular formula is C9H10N2O5S. The van der Waals surface area contributed by atoms with E-state index in [-0.39, 0.29) is 12.3 Å². The fourth-order valence-corrected chi connectivity index (χ4v) is 2.24. The Hall–Kier alpha value is -1.35. The number of nitro benzene ring substituents is 1. The quantitative estimate of drug-likeness (QED) is 0.614. The van der Waals surface area contributed by atoms with Crippen LogP contribution in [0.1, 0.15) is 11.7 Å². The van der Waals surface area contributed by atoms with Gasteiger partial charge in [-0.3, -0.25) is 18.5 Å². The molecule has 0 unspecified atom stereocenters. The predicted molar refractivity (Wildman–Crippen MR) is 59.0 cm³/mol. The first-order chi connectivity index (χ1) is 8.08. The Kier molecular flexibility index (Phi) is 3.48. The molecule has 2 N–H and O–H groups in total. The first kappa shape index (κ1) is 12.1. The summed E-state index contributed by atoms with van der Waals surface area (Å²) in [6.45, 7) is 0.119. The van der Waals surface area contributed by atoms with Crippen LogP contribution in [-0.2, 0) is 19.7 Å². The minimum absolute atomic E-state index is 0.0181. The minimum Gasteiger partial charge on any atom is -0.323 e. The first-order valence-electron chi connectivity index (χ1n) is 4.80. The second-order valence-corrected chi connectivity index (χ2v) is 4.35. The monoisotopic (exact) mass is 258 g/mol. The maximum absolute atomic E-state index is 11.1. The third-order valence-electron chi connectivity index (χ3n) is 2.36. The molecule has 17 heavy (non-hydrogen) atoms. The highest BCUT2D eigenvalue weighted by Crippen LogP contribution is 2.27. The summed E-state index contributed by atoms with van der Waals surface area (Å²) in [4.78, 5) is 9.99. The first-order valence-corrected chi connectivity index (χ1v) is 5.80. The van der Waals surface area contributed by atoms with E-state index in [1.54, 1.807) is 0 Å². The topological polar surface area (TPSA) is 105 Å². The second kappa shape index (κ2) is 4.88. The molecule has 3 atom stereocenters. The van der Waals surface area contributed by atoms with Gasteiger partial charge in [0.2, 0.25) is 0 Å². The van der Waals surface area contributed by atoms with Crippen LogP contribution < -0.4 is 5.73 Å². The number of nitrogens with two attached hydrogens (primary N) is 1. The predicted octanol–water partition coefficient (Wildman–Crippen LogP) is 0.589. The van der Waals surface area contributed by atoms with Gasteiger partial charge in [-0.05, 0) is 17.7 Å². The van der Waals surface area contributed by atoms with Crippen molar-refractivity contribution in [1.29, 1.82) is 0 Å². The second-order valence-electron chi connectivity index (χ2n) is 3.52. The Morgan fingerprint density at radius 2 is 2.06 bits per heavy atom. The van der Waals surface area contributed by atoms with Crippen molar-refractivity contribution in [2.75, 3.05) is 6.61 Å². The molecule has 2 rings (SSSR count). The normalized spacial score (nSPS) is 28.9. The number of nitro groups is 1. The van der Waals surface area contributed by atoms with E-state index in [0.29, 0.717) is 5.56 Å². The van der Waals surface area contributed by atoms with Crippen molar-refractivity contribution in [3.05, 3.63) is 39.9 Å². The lowest BCUT2D eigenvalue weighted by molar-refractivity contribution is -0.384. The van der Waals surface area contributed by atoms with E-state index in [2.05, 4.69) is 0 Å². The van der Waals surface area contributed by atoms with Crippen LogP contribution in [0.4, 0.5) is 5.69 Å². The SMILES string of the molecule is N[C@@H]1CO[S@@](=O)O[C@@H]1c1ccc([N+](=O)[O-])cc1. The van der Waals surface area contributed by atoms with Gasteiger partial charge in [0.1, 0.15) is 6.10 Å². The van der Waals surface area contributed by atoms with Crippen LogP contribution >= 0.6 is 0 Å². The summed E-state index contributed by atoms with van der Waals surface area (Å²) >= 11 is -1.82. The molecule has 8 heteroatoms. The van der Waals surface area contributed by atoms with Gasteiger partial charge in [0.25, 0.3) is 5.69 Å². The van der Waals surface area contributed by atoms with Crippen LogP contribution in [-0.4, -0.2) is 21.8 Å². The van der Waals surface area contributed by atoms with Gasteiger partial charge >= 0.3 is 11.4 Å². The summed E-state index contributed by atoms with van der Waals surface area (Å²) < 4.78 is 20.8. The Morgan fingerprint density at radius 1 is 1.41 bits per heavy atom. The lowest BCUT2D eigenvalue weighted by Crippen LogP contribution is -2.39. The van der Waals surface area contributed by atoms with Gasteiger partial charge < -0.3 is 5.73 Å². The fourth-order valence-electron chi connectivity index (χ4n) is 1.49. The van der Waals surface area contributed by atoms with Gasteiger partial charge in [0.05, 0.1) is 17.6 Å². The summed E-state index contributed by atoms with van der Waals surface area (Å²) in [5, 5.41) is 10.5. The van der Waals surface area contributed by atoms with Crippen LogP contribution in [0.25, 0.3) is 0 Å². The zero-order valence-corrected chi connectivity index (χ0v) is 9.46. The van der Waals surface area contributed by atoms with Crippen molar-refractivity contribution < 1.29 is 17.5 Å². The van der Waals surface area contributed by atoms with Crippen LogP contribution in [0.5, 0.6) is 0 Å². The Balaban J connectivity index is 2.21. The molecular weight excluding hydrogens is 248 g/mol. The highest BCUT2D eigenvalue weighted by Gasteiger charge is 2.29. The Morgan fingerprint density at radius 3 is 2.65 bits per heavy atom. The smallest absolute Gasteiger partial charge is 0.305 e. The maximum Gasteiger partial charge on any atom is 0.305 e. The van der Waals surface area contributed by atoms with Gasteiger partial charge in [-0.1, -0.05) is 0 Å². The van der Waals surface area contributed by atoms with E-state index in [1.165, 1.54) is 24.3 Å². The molecule has 1 aromatic carbocycles. The van der Waals surface area contributed by atoms with Crippen molar-refractivity contribution in [3.8, 4) is 0 Å². The summed E-state index contributed by atoms with van der Waals surface area (Å²) in [5.74, 6) is 0. The van der Waals surface area contributed by atoms with Crippen LogP contribution in [0.3, 0.4) is 0 Å².